The normalized spacial score (nSPS) is 13.3. The highest BCUT2D eigenvalue weighted by atomic mass is 35.5. The molecular weight excluding hydrogens is 336 g/mol. The van der Waals surface area contributed by atoms with Crippen LogP contribution in [0.4, 0.5) is 5.00 Å². The van der Waals surface area contributed by atoms with Crippen molar-refractivity contribution in [2.45, 2.75) is 40.0 Å². The summed E-state index contributed by atoms with van der Waals surface area (Å²) in [6, 6.07) is 0. The number of halogens is 1. The van der Waals surface area contributed by atoms with E-state index in [1.54, 1.807) is 6.92 Å². The standard InChI is InChI=1S/C16H24N2O3S.ClH/c1-4-12-10(3)22-15(14(12)16(20)21-5-2)18-13(19)9-17-8-11-6-7-11;/h11,17H,4-9H2,1-3H3,(H,18,19);1H. The van der Waals surface area contributed by atoms with Crippen LogP contribution in [0, 0.1) is 12.8 Å². The fourth-order valence-electron chi connectivity index (χ4n) is 2.39. The smallest absolute Gasteiger partial charge is 0.341 e. The van der Waals surface area contributed by atoms with E-state index in [1.165, 1.54) is 24.2 Å². The number of thiophene rings is 1. The number of hydrogen-bond donors (Lipinski definition) is 2. The Labute approximate surface area is 147 Å². The molecule has 1 aliphatic carbocycles. The van der Waals surface area contributed by atoms with Gasteiger partial charge in [-0.3, -0.25) is 4.79 Å². The van der Waals surface area contributed by atoms with Gasteiger partial charge in [0, 0.05) is 4.88 Å². The molecule has 1 fully saturated rings. The van der Waals surface area contributed by atoms with Gasteiger partial charge in [0.1, 0.15) is 5.00 Å². The van der Waals surface area contributed by atoms with Crippen LogP contribution in [0.3, 0.4) is 0 Å². The molecule has 0 spiro atoms. The third-order valence-electron chi connectivity index (χ3n) is 3.71. The Bertz CT molecular complexity index is 556. The molecule has 23 heavy (non-hydrogen) atoms. The van der Waals surface area contributed by atoms with Crippen molar-refractivity contribution in [3.8, 4) is 0 Å². The van der Waals surface area contributed by atoms with E-state index < -0.39 is 0 Å². The first kappa shape index (κ1) is 19.9. The van der Waals surface area contributed by atoms with Crippen molar-refractivity contribution in [3.05, 3.63) is 16.0 Å². The second-order valence-corrected chi connectivity index (χ2v) is 6.76. The molecule has 2 N–H and O–H groups in total. The maximum Gasteiger partial charge on any atom is 0.341 e. The summed E-state index contributed by atoms with van der Waals surface area (Å²) in [5.41, 5.74) is 1.48. The first-order valence-corrected chi connectivity index (χ1v) is 8.68. The van der Waals surface area contributed by atoms with Crippen LogP contribution in [0.1, 0.15) is 47.5 Å². The molecule has 0 saturated heterocycles. The van der Waals surface area contributed by atoms with Crippen LogP contribution in [0.5, 0.6) is 0 Å². The van der Waals surface area contributed by atoms with Crippen LogP contribution in [-0.2, 0) is 16.0 Å². The Kier molecular flexibility index (Phi) is 8.02. The van der Waals surface area contributed by atoms with E-state index >= 15 is 0 Å². The minimum atomic E-state index is -0.357. The fourth-order valence-corrected chi connectivity index (χ4v) is 3.54. The molecule has 1 saturated carbocycles. The van der Waals surface area contributed by atoms with Gasteiger partial charge in [-0.05, 0) is 51.1 Å². The second kappa shape index (κ2) is 9.25. The first-order valence-electron chi connectivity index (χ1n) is 7.86. The molecule has 7 heteroatoms. The Morgan fingerprint density at radius 3 is 2.57 bits per heavy atom. The van der Waals surface area contributed by atoms with Crippen LogP contribution < -0.4 is 10.6 Å². The summed E-state index contributed by atoms with van der Waals surface area (Å²) in [5, 5.41) is 6.61. The Morgan fingerprint density at radius 2 is 2.00 bits per heavy atom. The van der Waals surface area contributed by atoms with E-state index in [4.69, 9.17) is 4.74 Å². The molecule has 1 heterocycles. The molecule has 0 unspecified atom stereocenters. The lowest BCUT2D eigenvalue weighted by Gasteiger charge is -2.08. The number of anilines is 1. The van der Waals surface area contributed by atoms with Gasteiger partial charge >= 0.3 is 5.97 Å². The van der Waals surface area contributed by atoms with Gasteiger partial charge in [-0.25, -0.2) is 4.79 Å². The molecule has 1 aromatic heterocycles. The minimum Gasteiger partial charge on any atom is -0.462 e. The average molecular weight is 361 g/mol. The highest BCUT2D eigenvalue weighted by molar-refractivity contribution is 7.16. The predicted octanol–water partition coefficient (Wildman–Crippen LogP) is 3.16. The van der Waals surface area contributed by atoms with Crippen LogP contribution in [0.15, 0.2) is 0 Å². The van der Waals surface area contributed by atoms with Gasteiger partial charge in [0.25, 0.3) is 0 Å². The summed E-state index contributed by atoms with van der Waals surface area (Å²) in [6.45, 7) is 7.24. The maximum absolute atomic E-state index is 12.2. The Morgan fingerprint density at radius 1 is 1.30 bits per heavy atom. The number of nitrogens with one attached hydrogen (secondary N) is 2. The lowest BCUT2D eigenvalue weighted by molar-refractivity contribution is -0.115. The minimum absolute atomic E-state index is 0. The van der Waals surface area contributed by atoms with Gasteiger partial charge < -0.3 is 15.4 Å². The lowest BCUT2D eigenvalue weighted by atomic mass is 10.1. The molecule has 1 aliphatic rings. The van der Waals surface area contributed by atoms with E-state index in [1.807, 2.05) is 13.8 Å². The zero-order valence-corrected chi connectivity index (χ0v) is 15.5. The number of carbonyl (C=O) groups is 2. The number of ether oxygens (including phenoxy) is 1. The predicted molar refractivity (Wildman–Crippen MR) is 95.9 cm³/mol. The molecule has 0 radical (unpaired) electrons. The summed E-state index contributed by atoms with van der Waals surface area (Å²) in [6.07, 6.45) is 3.25. The monoisotopic (exact) mass is 360 g/mol. The summed E-state index contributed by atoms with van der Waals surface area (Å²) < 4.78 is 5.13. The SMILES string of the molecule is CCOC(=O)c1c(NC(=O)CNCC2CC2)sc(C)c1CC.Cl. The summed E-state index contributed by atoms with van der Waals surface area (Å²) in [5.74, 6) is 0.263. The van der Waals surface area contributed by atoms with Crippen LogP contribution >= 0.6 is 23.7 Å². The molecular formula is C16H25ClN2O3S. The Balaban J connectivity index is 0.00000264. The zero-order valence-electron chi connectivity index (χ0n) is 13.9. The topological polar surface area (TPSA) is 67.4 Å². The van der Waals surface area contributed by atoms with E-state index in [0.29, 0.717) is 17.2 Å². The summed E-state index contributed by atoms with van der Waals surface area (Å²) in [4.78, 5) is 25.3. The molecule has 0 atom stereocenters. The maximum atomic E-state index is 12.2. The van der Waals surface area contributed by atoms with E-state index in [2.05, 4.69) is 10.6 Å². The van der Waals surface area contributed by atoms with Crippen LogP contribution in [-0.4, -0.2) is 31.6 Å². The zero-order chi connectivity index (χ0) is 16.1. The van der Waals surface area contributed by atoms with Gasteiger partial charge in [0.15, 0.2) is 0 Å². The van der Waals surface area contributed by atoms with Crippen molar-refractivity contribution in [2.24, 2.45) is 5.92 Å². The molecule has 130 valence electrons. The number of amides is 1. The van der Waals surface area contributed by atoms with Crippen LogP contribution in [0.2, 0.25) is 0 Å². The fraction of sp³-hybridized carbons (Fsp3) is 0.625. The number of rotatable bonds is 8. The molecule has 2 rings (SSSR count). The summed E-state index contributed by atoms with van der Waals surface area (Å²) >= 11 is 1.44. The van der Waals surface area contributed by atoms with Crippen molar-refractivity contribution < 1.29 is 14.3 Å². The Hall–Kier alpha value is -1.11. The average Bonchev–Trinajstić information content (AvgIpc) is 3.22. The molecule has 1 amide bonds. The third-order valence-corrected chi connectivity index (χ3v) is 4.77. The van der Waals surface area contributed by atoms with Crippen LogP contribution in [0.25, 0.3) is 0 Å². The van der Waals surface area contributed by atoms with Crippen molar-refractivity contribution in [1.82, 2.24) is 5.32 Å². The van der Waals surface area contributed by atoms with E-state index in [9.17, 15) is 9.59 Å². The van der Waals surface area contributed by atoms with Crippen molar-refractivity contribution in [3.63, 3.8) is 0 Å². The first-order chi connectivity index (χ1) is 10.6. The lowest BCUT2D eigenvalue weighted by Crippen LogP contribution is -2.29. The molecule has 1 aromatic rings. The number of esters is 1. The van der Waals surface area contributed by atoms with E-state index in [0.717, 1.165) is 29.3 Å². The van der Waals surface area contributed by atoms with Gasteiger partial charge in [0.05, 0.1) is 18.7 Å². The quantitative estimate of drug-likeness (QED) is 0.699. The molecule has 0 aliphatic heterocycles. The highest BCUT2D eigenvalue weighted by Gasteiger charge is 2.24. The molecule has 5 nitrogen and oxygen atoms in total. The van der Waals surface area contributed by atoms with E-state index in [-0.39, 0.29) is 30.8 Å². The number of hydrogen-bond acceptors (Lipinski definition) is 5. The number of aryl methyl sites for hydroxylation is 1. The molecule has 0 bridgehead atoms. The van der Waals surface area contributed by atoms with Gasteiger partial charge in [-0.2, -0.15) is 0 Å². The third kappa shape index (κ3) is 5.48. The molecule has 0 aromatic carbocycles. The van der Waals surface area contributed by atoms with Crippen molar-refractivity contribution in [2.75, 3.05) is 25.0 Å². The van der Waals surface area contributed by atoms with Crippen molar-refractivity contribution in [1.29, 1.82) is 0 Å². The highest BCUT2D eigenvalue weighted by Crippen LogP contribution is 2.34. The van der Waals surface area contributed by atoms with Gasteiger partial charge in [-0.15, -0.1) is 23.7 Å². The van der Waals surface area contributed by atoms with Crippen molar-refractivity contribution >= 4 is 40.6 Å². The largest absolute Gasteiger partial charge is 0.462 e. The second-order valence-electron chi connectivity index (χ2n) is 5.54. The number of carbonyl (C=O) groups excluding carboxylic acids is 2. The van der Waals surface area contributed by atoms with Gasteiger partial charge in [0.2, 0.25) is 5.91 Å². The summed E-state index contributed by atoms with van der Waals surface area (Å²) in [7, 11) is 0. The van der Waals surface area contributed by atoms with Gasteiger partial charge in [-0.1, -0.05) is 6.92 Å².